The smallest absolute Gasteiger partial charge is 0.197 e. The average molecular weight is 579 g/mol. The summed E-state index contributed by atoms with van der Waals surface area (Å²) >= 11 is 0. The van der Waals surface area contributed by atoms with Gasteiger partial charge in [0.25, 0.3) is 0 Å². The summed E-state index contributed by atoms with van der Waals surface area (Å²) in [6.07, 6.45) is 0. The van der Waals surface area contributed by atoms with Crippen LogP contribution in [0.25, 0.3) is 44.6 Å². The van der Waals surface area contributed by atoms with Gasteiger partial charge in [0.15, 0.2) is 10.9 Å². The lowest BCUT2D eigenvalue weighted by Gasteiger charge is -2.14. The van der Waals surface area contributed by atoms with Gasteiger partial charge >= 0.3 is 0 Å². The first-order valence-corrected chi connectivity index (χ1v) is 13.2. The van der Waals surface area contributed by atoms with Gasteiger partial charge in [-0.2, -0.15) is 0 Å². The summed E-state index contributed by atoms with van der Waals surface area (Å²) in [5, 5.41) is 0.349. The van der Waals surface area contributed by atoms with Crippen molar-refractivity contribution in [1.29, 1.82) is 0 Å². The molecule has 216 valence electrons. The van der Waals surface area contributed by atoms with E-state index in [2.05, 4.69) is 0 Å². The van der Waals surface area contributed by atoms with Gasteiger partial charge in [-0.25, -0.2) is 0 Å². The molecular weight excluding hydrogens is 552 g/mol. The lowest BCUT2D eigenvalue weighted by molar-refractivity contribution is 0.405. The van der Waals surface area contributed by atoms with Crippen molar-refractivity contribution in [3.05, 3.63) is 105 Å². The van der Waals surface area contributed by atoms with Crippen molar-refractivity contribution in [3.63, 3.8) is 0 Å². The van der Waals surface area contributed by atoms with E-state index in [9.17, 15) is 9.59 Å². The van der Waals surface area contributed by atoms with Gasteiger partial charge < -0.3 is 32.5 Å². The summed E-state index contributed by atoms with van der Waals surface area (Å²) in [6.45, 7) is 0. The molecule has 0 unspecified atom stereocenters. The topological polar surface area (TPSA) is 107 Å². The van der Waals surface area contributed by atoms with Gasteiger partial charge in [0.2, 0.25) is 0 Å². The lowest BCUT2D eigenvalue weighted by atomic mass is 10.1. The first-order valence-electron chi connectivity index (χ1n) is 13.2. The predicted molar refractivity (Wildman–Crippen MR) is 162 cm³/mol. The van der Waals surface area contributed by atoms with E-state index < -0.39 is 0 Å². The van der Waals surface area contributed by atoms with E-state index in [4.69, 9.17) is 32.5 Å². The first kappa shape index (κ1) is 27.5. The van der Waals surface area contributed by atoms with E-state index in [-0.39, 0.29) is 44.3 Å². The van der Waals surface area contributed by atoms with Gasteiger partial charge in [-0.05, 0) is 48.5 Å². The van der Waals surface area contributed by atoms with Crippen molar-refractivity contribution in [2.75, 3.05) is 28.4 Å². The molecule has 0 amide bonds. The van der Waals surface area contributed by atoms with Crippen LogP contribution in [0, 0.1) is 0 Å². The van der Waals surface area contributed by atoms with Crippen molar-refractivity contribution < 1.29 is 32.5 Å². The molecule has 0 saturated carbocycles. The van der Waals surface area contributed by atoms with Crippen LogP contribution in [0.1, 0.15) is 0 Å². The highest BCUT2D eigenvalue weighted by Crippen LogP contribution is 2.39. The second-order valence-electron chi connectivity index (χ2n) is 9.51. The van der Waals surface area contributed by atoms with E-state index in [1.54, 1.807) is 87.0 Å². The number of methoxy groups -OCH3 is 4. The van der Waals surface area contributed by atoms with Crippen molar-refractivity contribution in [2.45, 2.75) is 0 Å². The number of ether oxygens (including phenoxy) is 5. The average Bonchev–Trinajstić information content (AvgIpc) is 3.03. The molecule has 0 N–H and O–H groups in total. The zero-order chi connectivity index (χ0) is 30.1. The summed E-state index contributed by atoms with van der Waals surface area (Å²) in [5.74, 6) is 3.12. The fourth-order valence-electron chi connectivity index (χ4n) is 4.77. The largest absolute Gasteiger partial charge is 0.497 e. The molecule has 4 aromatic carbocycles. The van der Waals surface area contributed by atoms with Crippen LogP contribution in [-0.2, 0) is 0 Å². The van der Waals surface area contributed by atoms with Crippen molar-refractivity contribution in [2.24, 2.45) is 0 Å². The van der Waals surface area contributed by atoms with Crippen LogP contribution >= 0.6 is 0 Å². The second kappa shape index (κ2) is 11.3. The minimum Gasteiger partial charge on any atom is -0.497 e. The summed E-state index contributed by atoms with van der Waals surface area (Å²) in [6, 6.07) is 23.4. The molecule has 0 aliphatic carbocycles. The van der Waals surface area contributed by atoms with Crippen LogP contribution in [0.4, 0.5) is 0 Å². The quantitative estimate of drug-likeness (QED) is 0.188. The Morgan fingerprint density at radius 1 is 0.465 bits per heavy atom. The molecule has 9 heteroatoms. The molecule has 6 aromatic rings. The molecule has 0 spiro atoms. The summed E-state index contributed by atoms with van der Waals surface area (Å²) in [5.41, 5.74) is 1.18. The Bertz CT molecular complexity index is 1920. The van der Waals surface area contributed by atoms with Gasteiger partial charge in [-0.3, -0.25) is 9.59 Å². The van der Waals surface area contributed by atoms with Gasteiger partial charge in [0.1, 0.15) is 68.0 Å². The number of rotatable bonds is 8. The summed E-state index contributed by atoms with van der Waals surface area (Å²) < 4.78 is 40.0. The molecule has 2 heterocycles. The summed E-state index contributed by atoms with van der Waals surface area (Å²) in [4.78, 5) is 27.0. The van der Waals surface area contributed by atoms with Crippen LogP contribution in [0.3, 0.4) is 0 Å². The van der Waals surface area contributed by atoms with Crippen LogP contribution in [0.2, 0.25) is 0 Å². The summed E-state index contributed by atoms with van der Waals surface area (Å²) in [7, 11) is 6.14. The maximum Gasteiger partial charge on any atom is 0.197 e. The Morgan fingerprint density at radius 3 is 1.19 bits per heavy atom. The molecule has 0 aliphatic rings. The molecular formula is C34H26O9. The fraction of sp³-hybridized carbons (Fsp3) is 0.118. The molecule has 43 heavy (non-hydrogen) atoms. The highest BCUT2D eigenvalue weighted by Gasteiger charge is 2.19. The molecule has 0 fully saturated rings. The van der Waals surface area contributed by atoms with Gasteiger partial charge in [0, 0.05) is 47.5 Å². The molecule has 0 saturated heterocycles. The highest BCUT2D eigenvalue weighted by atomic mass is 16.5. The van der Waals surface area contributed by atoms with Crippen molar-refractivity contribution in [3.8, 4) is 57.1 Å². The molecule has 9 nitrogen and oxygen atoms in total. The number of fused-ring (bicyclic) bond motifs is 2. The Kier molecular flexibility index (Phi) is 7.21. The fourth-order valence-corrected chi connectivity index (χ4v) is 4.77. The van der Waals surface area contributed by atoms with Crippen LogP contribution in [0.15, 0.2) is 103 Å². The minimum atomic E-state index is -0.342. The Balaban J connectivity index is 1.49. The third-order valence-corrected chi connectivity index (χ3v) is 6.98. The van der Waals surface area contributed by atoms with E-state index in [1.807, 2.05) is 0 Å². The third kappa shape index (κ3) is 5.24. The molecule has 0 bridgehead atoms. The Morgan fingerprint density at radius 2 is 0.837 bits per heavy atom. The molecule has 2 aromatic heterocycles. The third-order valence-electron chi connectivity index (χ3n) is 6.98. The SMILES string of the molecule is COc1ccc(-c2cc(=O)c3c(Oc4cc(OC)cc5oc(-c6ccc(OC)cc6)cc(=O)c45)cc(OC)cc3o2)cc1. The second-order valence-corrected chi connectivity index (χ2v) is 9.51. The first-order chi connectivity index (χ1) is 20.9. The minimum absolute atomic E-state index is 0.137. The van der Waals surface area contributed by atoms with Crippen molar-refractivity contribution >= 4 is 21.9 Å². The molecule has 6 rings (SSSR count). The van der Waals surface area contributed by atoms with Gasteiger partial charge in [-0.1, -0.05) is 0 Å². The van der Waals surface area contributed by atoms with E-state index >= 15 is 0 Å². The van der Waals surface area contributed by atoms with Gasteiger partial charge in [-0.15, -0.1) is 0 Å². The number of hydrogen-bond donors (Lipinski definition) is 0. The van der Waals surface area contributed by atoms with Gasteiger partial charge in [0.05, 0.1) is 28.4 Å². The Hall–Kier alpha value is -5.70. The van der Waals surface area contributed by atoms with E-state index in [0.29, 0.717) is 45.6 Å². The zero-order valence-corrected chi connectivity index (χ0v) is 23.8. The van der Waals surface area contributed by atoms with E-state index in [1.165, 1.54) is 26.4 Å². The normalized spacial score (nSPS) is 11.0. The van der Waals surface area contributed by atoms with Crippen molar-refractivity contribution in [1.82, 2.24) is 0 Å². The van der Waals surface area contributed by atoms with Crippen LogP contribution in [0.5, 0.6) is 34.5 Å². The monoisotopic (exact) mass is 578 g/mol. The lowest BCUT2D eigenvalue weighted by Crippen LogP contribution is -2.06. The maximum absolute atomic E-state index is 13.5. The van der Waals surface area contributed by atoms with E-state index in [0.717, 1.165) is 0 Å². The standard InChI is InChI=1S/C34H26O9/c1-37-21-9-5-19(6-10-21)27-17-25(35)33-29(41-27)13-23(39-3)15-31(33)43-32-16-24(40-4)14-30-34(32)26(36)18-28(42-30)20-7-11-22(38-2)12-8-20/h5-18H,1-4H3. The zero-order valence-electron chi connectivity index (χ0n) is 23.8. The predicted octanol–water partition coefficient (Wildman–Crippen LogP) is 7.06. The number of benzene rings is 4. The molecule has 0 aliphatic heterocycles. The Labute approximate surface area is 245 Å². The molecule has 0 radical (unpaired) electrons. The highest BCUT2D eigenvalue weighted by molar-refractivity contribution is 5.90. The number of hydrogen-bond acceptors (Lipinski definition) is 9. The molecule has 0 atom stereocenters. The maximum atomic E-state index is 13.5. The van der Waals surface area contributed by atoms with Crippen LogP contribution in [-0.4, -0.2) is 28.4 Å². The van der Waals surface area contributed by atoms with Crippen LogP contribution < -0.4 is 34.5 Å².